The number of hydrogen-bond acceptors (Lipinski definition) is 4. The van der Waals surface area contributed by atoms with Crippen molar-refractivity contribution in [3.05, 3.63) is 102 Å². The highest BCUT2D eigenvalue weighted by Crippen LogP contribution is 2.26. The summed E-state index contributed by atoms with van der Waals surface area (Å²) in [6.45, 7) is 2.07. The highest BCUT2D eigenvalue weighted by Gasteiger charge is 2.10. The molecule has 3 heterocycles. The first-order chi connectivity index (χ1) is 16.2. The lowest BCUT2D eigenvalue weighted by atomic mass is 10.1. The number of nitrogens with one attached hydrogen (secondary N) is 3. The van der Waals surface area contributed by atoms with Gasteiger partial charge in [0.25, 0.3) is 0 Å². The zero-order valence-electron chi connectivity index (χ0n) is 18.1. The Kier molecular flexibility index (Phi) is 4.61. The number of anilines is 2. The number of aryl methyl sites for hydroxylation is 1. The molecular weight excluding hydrogens is 408 g/mol. The van der Waals surface area contributed by atoms with Gasteiger partial charge in [-0.05, 0) is 48.2 Å². The SMILES string of the molecule is Cc1cc2ccc(-c3nc(Cc4ccccc4)cc(Nc4ccc5[nH]ncc5c4)n3)cc2[nH]1. The molecule has 0 aliphatic rings. The predicted molar refractivity (Wildman–Crippen MR) is 133 cm³/mol. The van der Waals surface area contributed by atoms with Gasteiger partial charge < -0.3 is 10.3 Å². The van der Waals surface area contributed by atoms with Gasteiger partial charge >= 0.3 is 0 Å². The van der Waals surface area contributed by atoms with E-state index < -0.39 is 0 Å². The number of aromatic nitrogens is 5. The first-order valence-corrected chi connectivity index (χ1v) is 10.9. The minimum atomic E-state index is 0.699. The van der Waals surface area contributed by atoms with Gasteiger partial charge in [-0.25, -0.2) is 9.97 Å². The summed E-state index contributed by atoms with van der Waals surface area (Å²) in [6.07, 6.45) is 2.55. The van der Waals surface area contributed by atoms with E-state index >= 15 is 0 Å². The summed E-state index contributed by atoms with van der Waals surface area (Å²) in [5, 5.41) is 12.8. The summed E-state index contributed by atoms with van der Waals surface area (Å²) in [5.74, 6) is 1.46. The van der Waals surface area contributed by atoms with Crippen LogP contribution in [0.3, 0.4) is 0 Å². The van der Waals surface area contributed by atoms with Gasteiger partial charge in [0.15, 0.2) is 5.82 Å². The molecule has 160 valence electrons. The minimum Gasteiger partial charge on any atom is -0.359 e. The number of hydrogen-bond donors (Lipinski definition) is 3. The van der Waals surface area contributed by atoms with E-state index in [4.69, 9.17) is 9.97 Å². The van der Waals surface area contributed by atoms with Crippen LogP contribution in [0.25, 0.3) is 33.2 Å². The first-order valence-electron chi connectivity index (χ1n) is 10.9. The molecule has 3 aromatic carbocycles. The summed E-state index contributed by atoms with van der Waals surface area (Å²) in [6, 6.07) is 26.9. The summed E-state index contributed by atoms with van der Waals surface area (Å²) >= 11 is 0. The van der Waals surface area contributed by atoms with Gasteiger partial charge in [-0.2, -0.15) is 5.10 Å². The van der Waals surface area contributed by atoms with E-state index in [1.807, 2.05) is 30.5 Å². The quantitative estimate of drug-likeness (QED) is 0.307. The Hall–Kier alpha value is -4.45. The van der Waals surface area contributed by atoms with Crippen molar-refractivity contribution in [2.24, 2.45) is 0 Å². The second-order valence-corrected chi connectivity index (χ2v) is 8.28. The third kappa shape index (κ3) is 3.94. The summed E-state index contributed by atoms with van der Waals surface area (Å²) in [4.78, 5) is 13.2. The van der Waals surface area contributed by atoms with Crippen molar-refractivity contribution in [3.63, 3.8) is 0 Å². The molecule has 0 bridgehead atoms. The van der Waals surface area contributed by atoms with E-state index in [0.717, 1.165) is 51.3 Å². The fourth-order valence-corrected chi connectivity index (χ4v) is 4.17. The predicted octanol–water partition coefficient (Wildman–Crippen LogP) is 6.14. The monoisotopic (exact) mass is 430 g/mol. The van der Waals surface area contributed by atoms with Gasteiger partial charge in [0.05, 0.1) is 17.4 Å². The standard InChI is InChI=1S/C27H22N6/c1-17-11-19-7-8-20(14-25(19)29-17)27-31-23(12-18-5-3-2-4-6-18)15-26(32-27)30-22-9-10-24-21(13-22)16-28-33-24/h2-11,13-16,29H,12H2,1H3,(H,28,33)(H,30,31,32). The van der Waals surface area contributed by atoms with Crippen LogP contribution in [-0.2, 0) is 6.42 Å². The lowest BCUT2D eigenvalue weighted by molar-refractivity contribution is 1.04. The number of aromatic amines is 2. The molecule has 6 aromatic rings. The van der Waals surface area contributed by atoms with Crippen molar-refractivity contribution in [2.75, 3.05) is 5.32 Å². The molecule has 3 N–H and O–H groups in total. The van der Waals surface area contributed by atoms with Crippen LogP contribution >= 0.6 is 0 Å². The molecule has 0 aliphatic heterocycles. The van der Waals surface area contributed by atoms with Gasteiger partial charge in [0, 0.05) is 40.3 Å². The molecule has 6 heteroatoms. The Labute approximate surface area is 190 Å². The molecule has 0 spiro atoms. The molecular formula is C27H22N6. The Morgan fingerprint density at radius 2 is 1.73 bits per heavy atom. The van der Waals surface area contributed by atoms with Crippen LogP contribution in [0.4, 0.5) is 11.5 Å². The van der Waals surface area contributed by atoms with Crippen molar-refractivity contribution in [3.8, 4) is 11.4 Å². The molecule has 0 unspecified atom stereocenters. The molecule has 0 atom stereocenters. The molecule has 0 radical (unpaired) electrons. The van der Waals surface area contributed by atoms with Gasteiger partial charge in [-0.1, -0.05) is 42.5 Å². The highest BCUT2D eigenvalue weighted by molar-refractivity contribution is 5.85. The molecule has 0 fully saturated rings. The van der Waals surface area contributed by atoms with Crippen LogP contribution in [0.1, 0.15) is 17.0 Å². The summed E-state index contributed by atoms with van der Waals surface area (Å²) < 4.78 is 0. The number of benzene rings is 3. The zero-order chi connectivity index (χ0) is 22.2. The molecule has 0 amide bonds. The number of fused-ring (bicyclic) bond motifs is 2. The Bertz CT molecular complexity index is 1580. The van der Waals surface area contributed by atoms with Crippen LogP contribution in [0.2, 0.25) is 0 Å². The molecule has 0 saturated carbocycles. The van der Waals surface area contributed by atoms with Crippen LogP contribution < -0.4 is 5.32 Å². The maximum atomic E-state index is 4.92. The van der Waals surface area contributed by atoms with Crippen molar-refractivity contribution in [1.82, 2.24) is 25.1 Å². The molecule has 3 aromatic heterocycles. The highest BCUT2D eigenvalue weighted by atomic mass is 15.1. The van der Waals surface area contributed by atoms with E-state index in [9.17, 15) is 0 Å². The Morgan fingerprint density at radius 3 is 2.64 bits per heavy atom. The van der Waals surface area contributed by atoms with E-state index in [-0.39, 0.29) is 0 Å². The second kappa shape index (κ2) is 7.91. The number of nitrogens with zero attached hydrogens (tertiary/aromatic N) is 3. The van der Waals surface area contributed by atoms with E-state index in [1.165, 1.54) is 10.9 Å². The maximum Gasteiger partial charge on any atom is 0.161 e. The van der Waals surface area contributed by atoms with Gasteiger partial charge in [0.1, 0.15) is 5.82 Å². The van der Waals surface area contributed by atoms with E-state index in [0.29, 0.717) is 5.82 Å². The smallest absolute Gasteiger partial charge is 0.161 e. The van der Waals surface area contributed by atoms with Crippen LogP contribution in [0.5, 0.6) is 0 Å². The molecule has 0 aliphatic carbocycles. The Balaban J connectivity index is 1.42. The van der Waals surface area contributed by atoms with Crippen molar-refractivity contribution >= 4 is 33.3 Å². The minimum absolute atomic E-state index is 0.699. The fourth-order valence-electron chi connectivity index (χ4n) is 4.17. The third-order valence-corrected chi connectivity index (χ3v) is 5.74. The third-order valence-electron chi connectivity index (χ3n) is 5.74. The van der Waals surface area contributed by atoms with Gasteiger partial charge in [-0.15, -0.1) is 0 Å². The summed E-state index contributed by atoms with van der Waals surface area (Å²) in [5.41, 5.74) is 7.33. The largest absolute Gasteiger partial charge is 0.359 e. The molecule has 33 heavy (non-hydrogen) atoms. The van der Waals surface area contributed by atoms with Crippen LogP contribution in [-0.4, -0.2) is 25.1 Å². The van der Waals surface area contributed by atoms with Crippen molar-refractivity contribution in [1.29, 1.82) is 0 Å². The van der Waals surface area contributed by atoms with Crippen LogP contribution in [0, 0.1) is 6.92 Å². The van der Waals surface area contributed by atoms with Crippen molar-refractivity contribution < 1.29 is 0 Å². The second-order valence-electron chi connectivity index (χ2n) is 8.28. The topological polar surface area (TPSA) is 82.3 Å². The zero-order valence-corrected chi connectivity index (χ0v) is 18.1. The lowest BCUT2D eigenvalue weighted by Crippen LogP contribution is -2.02. The normalized spacial score (nSPS) is 11.3. The number of H-pyrrole nitrogens is 2. The van der Waals surface area contributed by atoms with Crippen molar-refractivity contribution in [2.45, 2.75) is 13.3 Å². The van der Waals surface area contributed by atoms with Gasteiger partial charge in [0.2, 0.25) is 0 Å². The molecule has 0 saturated heterocycles. The molecule has 6 rings (SSSR count). The Morgan fingerprint density at radius 1 is 0.818 bits per heavy atom. The number of rotatable bonds is 5. The van der Waals surface area contributed by atoms with Crippen LogP contribution in [0.15, 0.2) is 85.1 Å². The lowest BCUT2D eigenvalue weighted by Gasteiger charge is -2.11. The molecule has 6 nitrogen and oxygen atoms in total. The summed E-state index contributed by atoms with van der Waals surface area (Å²) in [7, 11) is 0. The average molecular weight is 431 g/mol. The van der Waals surface area contributed by atoms with E-state index in [1.54, 1.807) is 0 Å². The van der Waals surface area contributed by atoms with Gasteiger partial charge in [-0.3, -0.25) is 5.10 Å². The average Bonchev–Trinajstić information content (AvgIpc) is 3.44. The first kappa shape index (κ1) is 19.3. The maximum absolute atomic E-state index is 4.92. The fraction of sp³-hybridized carbons (Fsp3) is 0.0741. The van der Waals surface area contributed by atoms with E-state index in [2.05, 4.69) is 82.0 Å².